The van der Waals surface area contributed by atoms with Crippen molar-refractivity contribution in [3.8, 4) is 5.75 Å². The van der Waals surface area contributed by atoms with Crippen molar-refractivity contribution in [1.29, 1.82) is 0 Å². The van der Waals surface area contributed by atoms with Crippen molar-refractivity contribution in [2.24, 2.45) is 4.99 Å². The Hall–Kier alpha value is -1.09. The monoisotopic (exact) mass is 492 g/mol. The van der Waals surface area contributed by atoms with Crippen LogP contribution in [0.5, 0.6) is 5.75 Å². The normalized spacial score (nSPS) is 17.3. The number of hydrogen-bond donors (Lipinski definition) is 2. The fourth-order valence-corrected chi connectivity index (χ4v) is 3.15. The lowest BCUT2D eigenvalue weighted by Gasteiger charge is -2.35. The summed E-state index contributed by atoms with van der Waals surface area (Å²) < 4.78 is 19.6. The van der Waals surface area contributed by atoms with Gasteiger partial charge in [-0.25, -0.2) is 4.39 Å². The summed E-state index contributed by atoms with van der Waals surface area (Å²) in [5.41, 5.74) is 0. The van der Waals surface area contributed by atoms with E-state index in [2.05, 4.69) is 34.4 Å². The number of aliphatic imine (C=N–C) groups is 1. The first kappa shape index (κ1) is 23.9. The molecule has 0 aromatic heterocycles. The van der Waals surface area contributed by atoms with Crippen LogP contribution in [0.4, 0.5) is 4.39 Å². The Bertz CT molecular complexity index is 577. The molecule has 7 heteroatoms. The van der Waals surface area contributed by atoms with Crippen LogP contribution in [-0.2, 0) is 0 Å². The lowest BCUT2D eigenvalue weighted by atomic mass is 10.0. The van der Waals surface area contributed by atoms with Crippen LogP contribution in [0.2, 0.25) is 0 Å². The molecule has 1 saturated heterocycles. The highest BCUT2D eigenvalue weighted by molar-refractivity contribution is 14.0. The first-order valence-corrected chi connectivity index (χ1v) is 9.65. The molecule has 1 unspecified atom stereocenters. The number of guanidine groups is 1. The van der Waals surface area contributed by atoms with Gasteiger partial charge in [0.1, 0.15) is 6.10 Å². The van der Waals surface area contributed by atoms with Gasteiger partial charge in [0.15, 0.2) is 17.5 Å². The highest BCUT2D eigenvalue weighted by atomic mass is 127. The second-order valence-electron chi connectivity index (χ2n) is 7.08. The van der Waals surface area contributed by atoms with Gasteiger partial charge < -0.3 is 20.3 Å². The molecule has 1 aromatic rings. The average molecular weight is 492 g/mol. The lowest BCUT2D eigenvalue weighted by Crippen LogP contribution is -2.51. The predicted octanol–water partition coefficient (Wildman–Crippen LogP) is 3.64. The molecule has 1 fully saturated rings. The summed E-state index contributed by atoms with van der Waals surface area (Å²) in [6, 6.07) is 7.56. The number of rotatable bonds is 7. The summed E-state index contributed by atoms with van der Waals surface area (Å²) in [6.07, 6.45) is 2.89. The fourth-order valence-electron chi connectivity index (χ4n) is 3.15. The van der Waals surface area contributed by atoms with Gasteiger partial charge in [-0.05, 0) is 45.2 Å². The van der Waals surface area contributed by atoms with Gasteiger partial charge in [-0.2, -0.15) is 0 Å². The SMILES string of the molecule is CCC(CNC(=NC)NC1CCN(C(C)C)CC1)Oc1ccccc1F.I. The maximum absolute atomic E-state index is 13.8. The minimum atomic E-state index is -0.328. The third-order valence-corrected chi connectivity index (χ3v) is 4.91. The molecule has 0 radical (unpaired) electrons. The topological polar surface area (TPSA) is 48.9 Å². The van der Waals surface area contributed by atoms with Crippen LogP contribution >= 0.6 is 24.0 Å². The van der Waals surface area contributed by atoms with Crippen LogP contribution in [0.25, 0.3) is 0 Å². The van der Waals surface area contributed by atoms with Gasteiger partial charge in [-0.15, -0.1) is 24.0 Å². The van der Waals surface area contributed by atoms with Gasteiger partial charge in [0.25, 0.3) is 0 Å². The Labute approximate surface area is 180 Å². The van der Waals surface area contributed by atoms with Crippen molar-refractivity contribution in [2.45, 2.75) is 58.2 Å². The Morgan fingerprint density at radius 3 is 2.52 bits per heavy atom. The minimum absolute atomic E-state index is 0. The van der Waals surface area contributed by atoms with Gasteiger partial charge in [-0.3, -0.25) is 4.99 Å². The van der Waals surface area contributed by atoms with Crippen LogP contribution in [0.1, 0.15) is 40.0 Å². The summed E-state index contributed by atoms with van der Waals surface area (Å²) in [5, 5.41) is 6.82. The summed E-state index contributed by atoms with van der Waals surface area (Å²) in [7, 11) is 1.78. The number of nitrogens with one attached hydrogen (secondary N) is 2. The van der Waals surface area contributed by atoms with E-state index in [0.29, 0.717) is 24.4 Å². The molecule has 5 nitrogen and oxygen atoms in total. The van der Waals surface area contributed by atoms with Crippen LogP contribution in [0, 0.1) is 5.82 Å². The van der Waals surface area contributed by atoms with Crippen molar-refractivity contribution in [3.63, 3.8) is 0 Å². The summed E-state index contributed by atoms with van der Waals surface area (Å²) in [4.78, 5) is 6.82. The lowest BCUT2D eigenvalue weighted by molar-refractivity contribution is 0.166. The van der Waals surface area contributed by atoms with Crippen LogP contribution in [0.15, 0.2) is 29.3 Å². The van der Waals surface area contributed by atoms with E-state index in [1.807, 2.05) is 6.92 Å². The number of piperidine rings is 1. The predicted molar refractivity (Wildman–Crippen MR) is 121 cm³/mol. The molecule has 154 valence electrons. The molecule has 0 bridgehead atoms. The second-order valence-corrected chi connectivity index (χ2v) is 7.08. The smallest absolute Gasteiger partial charge is 0.191 e. The third kappa shape index (κ3) is 7.81. The molecule has 1 aliphatic rings. The minimum Gasteiger partial charge on any atom is -0.486 e. The van der Waals surface area contributed by atoms with E-state index < -0.39 is 0 Å². The molecule has 0 saturated carbocycles. The molecule has 0 amide bonds. The first-order chi connectivity index (χ1) is 12.5. The zero-order chi connectivity index (χ0) is 18.9. The molecule has 1 aromatic carbocycles. The zero-order valence-corrected chi connectivity index (χ0v) is 19.2. The van der Waals surface area contributed by atoms with Gasteiger partial charge in [0.05, 0.1) is 6.54 Å². The quantitative estimate of drug-likeness (QED) is 0.347. The van der Waals surface area contributed by atoms with Gasteiger partial charge in [0.2, 0.25) is 0 Å². The van der Waals surface area contributed by atoms with Crippen LogP contribution in [0.3, 0.4) is 0 Å². The first-order valence-electron chi connectivity index (χ1n) is 9.65. The summed E-state index contributed by atoms with van der Waals surface area (Å²) >= 11 is 0. The highest BCUT2D eigenvalue weighted by Gasteiger charge is 2.21. The number of halogens is 2. The van der Waals surface area contributed by atoms with Crippen molar-refractivity contribution < 1.29 is 9.13 Å². The van der Waals surface area contributed by atoms with Crippen molar-refractivity contribution in [2.75, 3.05) is 26.7 Å². The standard InChI is InChI=1S/C20H33FN4O.HI/c1-5-17(26-19-9-7-6-8-18(19)21)14-23-20(22-4)24-16-10-12-25(13-11-16)15(2)3;/h6-9,15-17H,5,10-14H2,1-4H3,(H2,22,23,24);1H. The highest BCUT2D eigenvalue weighted by Crippen LogP contribution is 2.18. The molecule has 2 N–H and O–H groups in total. The number of para-hydroxylation sites is 1. The summed E-state index contributed by atoms with van der Waals surface area (Å²) in [5.74, 6) is 0.749. The zero-order valence-electron chi connectivity index (χ0n) is 16.9. The largest absolute Gasteiger partial charge is 0.486 e. The molecule has 0 spiro atoms. The Balaban J connectivity index is 0.00000364. The fraction of sp³-hybridized carbons (Fsp3) is 0.650. The number of benzene rings is 1. The Morgan fingerprint density at radius 2 is 1.96 bits per heavy atom. The maximum Gasteiger partial charge on any atom is 0.191 e. The summed E-state index contributed by atoms with van der Waals surface area (Å²) in [6.45, 7) is 9.32. The van der Waals surface area contributed by atoms with E-state index in [1.54, 1.807) is 25.2 Å². The van der Waals surface area contributed by atoms with Crippen molar-refractivity contribution in [3.05, 3.63) is 30.1 Å². The van der Waals surface area contributed by atoms with E-state index >= 15 is 0 Å². The van der Waals surface area contributed by atoms with Crippen LogP contribution < -0.4 is 15.4 Å². The van der Waals surface area contributed by atoms with Crippen molar-refractivity contribution >= 4 is 29.9 Å². The molecule has 27 heavy (non-hydrogen) atoms. The van der Waals surface area contributed by atoms with E-state index in [-0.39, 0.29) is 35.9 Å². The number of hydrogen-bond acceptors (Lipinski definition) is 3. The van der Waals surface area contributed by atoms with E-state index in [0.717, 1.165) is 38.3 Å². The maximum atomic E-state index is 13.8. The molecule has 1 aliphatic heterocycles. The number of ether oxygens (including phenoxy) is 1. The second kappa shape index (κ2) is 12.4. The van der Waals surface area contributed by atoms with Crippen LogP contribution in [-0.4, -0.2) is 55.7 Å². The van der Waals surface area contributed by atoms with Crippen molar-refractivity contribution in [1.82, 2.24) is 15.5 Å². The number of likely N-dealkylation sites (tertiary alicyclic amines) is 1. The van der Waals surface area contributed by atoms with Gasteiger partial charge in [0, 0.05) is 32.2 Å². The molecular weight excluding hydrogens is 458 g/mol. The molecule has 1 heterocycles. The number of nitrogens with zero attached hydrogens (tertiary/aromatic N) is 2. The van der Waals surface area contributed by atoms with E-state index in [1.165, 1.54) is 6.07 Å². The molecular formula is C20H34FIN4O. The van der Waals surface area contributed by atoms with Gasteiger partial charge >= 0.3 is 0 Å². The Morgan fingerprint density at radius 1 is 1.30 bits per heavy atom. The third-order valence-electron chi connectivity index (χ3n) is 4.91. The van der Waals surface area contributed by atoms with E-state index in [4.69, 9.17) is 4.74 Å². The van der Waals surface area contributed by atoms with E-state index in [9.17, 15) is 4.39 Å². The molecule has 2 rings (SSSR count). The van der Waals surface area contributed by atoms with Gasteiger partial charge in [-0.1, -0.05) is 19.1 Å². The average Bonchev–Trinajstić information content (AvgIpc) is 2.65. The Kier molecular flexibility index (Phi) is 11.0. The molecule has 0 aliphatic carbocycles. The molecule has 1 atom stereocenters.